The van der Waals surface area contributed by atoms with E-state index in [9.17, 15) is 8.42 Å². The molecular formula is C10H12N2O2S2. The third-order valence-electron chi connectivity index (χ3n) is 2.20. The van der Waals surface area contributed by atoms with Crippen LogP contribution in [-0.2, 0) is 16.4 Å². The second kappa shape index (κ2) is 5.32. The van der Waals surface area contributed by atoms with Gasteiger partial charge >= 0.3 is 0 Å². The van der Waals surface area contributed by atoms with Crippen LogP contribution in [0.4, 0.5) is 0 Å². The van der Waals surface area contributed by atoms with Crippen LogP contribution < -0.4 is 5.14 Å². The number of hydrogen-bond acceptors (Lipinski definition) is 4. The molecule has 0 aliphatic heterocycles. The summed E-state index contributed by atoms with van der Waals surface area (Å²) in [6.45, 7) is 2.39. The third kappa shape index (κ3) is 3.50. The minimum atomic E-state index is -3.62. The van der Waals surface area contributed by atoms with E-state index in [0.29, 0.717) is 13.0 Å². The average molecular weight is 256 g/mol. The average Bonchev–Trinajstić information content (AvgIpc) is 2.19. The van der Waals surface area contributed by atoms with E-state index in [4.69, 9.17) is 5.14 Å². The maximum atomic E-state index is 11.1. The van der Waals surface area contributed by atoms with Crippen LogP contribution in [0.15, 0.2) is 28.1 Å². The van der Waals surface area contributed by atoms with Crippen LogP contribution in [0, 0.1) is 6.92 Å². The maximum absolute atomic E-state index is 11.1. The number of primary sulfonamides is 1. The summed E-state index contributed by atoms with van der Waals surface area (Å²) in [5, 5.41) is 7.31. The molecule has 0 fully saturated rings. The minimum Gasteiger partial charge on any atom is -0.232 e. The molecule has 0 unspecified atom stereocenters. The highest BCUT2D eigenvalue weighted by atomic mass is 32.2. The molecule has 1 aromatic rings. The maximum Gasteiger partial charge on any atom is 0.238 e. The summed E-state index contributed by atoms with van der Waals surface area (Å²) in [5.74, 6) is 0. The Morgan fingerprint density at radius 2 is 2.19 bits per heavy atom. The normalized spacial score (nSPS) is 10.9. The highest BCUT2D eigenvalue weighted by Crippen LogP contribution is 2.14. The summed E-state index contributed by atoms with van der Waals surface area (Å²) in [5.41, 5.74) is 1.91. The summed E-state index contributed by atoms with van der Waals surface area (Å²) in [6.07, 6.45) is 0.709. The summed E-state index contributed by atoms with van der Waals surface area (Å²) in [7, 11) is -3.62. The van der Waals surface area contributed by atoms with Crippen LogP contribution in [0.3, 0.4) is 0 Å². The van der Waals surface area contributed by atoms with E-state index < -0.39 is 10.0 Å². The lowest BCUT2D eigenvalue weighted by Crippen LogP contribution is -2.12. The van der Waals surface area contributed by atoms with Crippen molar-refractivity contribution in [2.45, 2.75) is 18.2 Å². The molecule has 4 nitrogen and oxygen atoms in total. The lowest BCUT2D eigenvalue weighted by atomic mass is 10.1. The number of hydrogen-bond donors (Lipinski definition) is 1. The van der Waals surface area contributed by atoms with Gasteiger partial charge in [-0.15, -0.1) is 0 Å². The highest BCUT2D eigenvalue weighted by Gasteiger charge is 2.08. The standard InChI is InChI=1S/C10H12N2O2S2/c1-8-6-10(16(11,13)14)3-2-9(8)4-5-12-7-15/h2-3,6H,4-5H2,1H3,(H2,11,13,14). The van der Waals surface area contributed by atoms with Gasteiger partial charge in [-0.3, -0.25) is 0 Å². The van der Waals surface area contributed by atoms with Gasteiger partial charge in [0.05, 0.1) is 16.6 Å². The van der Waals surface area contributed by atoms with Crippen molar-refractivity contribution in [1.29, 1.82) is 0 Å². The van der Waals surface area contributed by atoms with Crippen molar-refractivity contribution in [2.75, 3.05) is 6.54 Å². The molecule has 0 heterocycles. The topological polar surface area (TPSA) is 72.5 Å². The molecule has 0 aromatic heterocycles. The van der Waals surface area contributed by atoms with Crippen LogP contribution in [0.5, 0.6) is 0 Å². The number of nitrogens with zero attached hydrogens (tertiary/aromatic N) is 1. The number of isothiocyanates is 1. The fraction of sp³-hybridized carbons (Fsp3) is 0.300. The minimum absolute atomic E-state index is 0.132. The Morgan fingerprint density at radius 1 is 1.50 bits per heavy atom. The monoisotopic (exact) mass is 256 g/mol. The molecule has 6 heteroatoms. The molecule has 0 aliphatic carbocycles. The van der Waals surface area contributed by atoms with Gasteiger partial charge in [0, 0.05) is 0 Å². The number of aliphatic imine (C=N–C) groups is 1. The molecule has 0 saturated heterocycles. The summed E-state index contributed by atoms with van der Waals surface area (Å²) in [4.78, 5) is 3.93. The van der Waals surface area contributed by atoms with Crippen LogP contribution in [0.1, 0.15) is 11.1 Å². The molecule has 16 heavy (non-hydrogen) atoms. The quantitative estimate of drug-likeness (QED) is 0.651. The predicted molar refractivity (Wildman–Crippen MR) is 66.1 cm³/mol. The lowest BCUT2D eigenvalue weighted by molar-refractivity contribution is 0.597. The zero-order chi connectivity index (χ0) is 12.2. The first-order valence-corrected chi connectivity index (χ1v) is 6.56. The van der Waals surface area contributed by atoms with Crippen molar-refractivity contribution >= 4 is 27.4 Å². The number of thiocarbonyl (C=S) groups is 1. The van der Waals surface area contributed by atoms with Gasteiger partial charge in [0.1, 0.15) is 0 Å². The molecule has 1 rings (SSSR count). The van der Waals surface area contributed by atoms with E-state index >= 15 is 0 Å². The zero-order valence-corrected chi connectivity index (χ0v) is 10.4. The molecule has 0 amide bonds. The Labute approximate surface area is 100 Å². The van der Waals surface area contributed by atoms with Gasteiger partial charge in [0.2, 0.25) is 10.0 Å². The van der Waals surface area contributed by atoms with E-state index in [0.717, 1.165) is 11.1 Å². The summed E-state index contributed by atoms with van der Waals surface area (Å²) >= 11 is 4.46. The SMILES string of the molecule is Cc1cc(S(N)(=O)=O)ccc1CCN=C=S. The Bertz CT molecular complexity index is 532. The van der Waals surface area contributed by atoms with E-state index in [2.05, 4.69) is 22.4 Å². The lowest BCUT2D eigenvalue weighted by Gasteiger charge is -2.05. The van der Waals surface area contributed by atoms with Crippen LogP contribution >= 0.6 is 12.2 Å². The van der Waals surface area contributed by atoms with Crippen molar-refractivity contribution in [2.24, 2.45) is 10.1 Å². The number of benzene rings is 1. The summed E-state index contributed by atoms with van der Waals surface area (Å²) < 4.78 is 22.2. The molecule has 0 bridgehead atoms. The molecule has 1 aromatic carbocycles. The van der Waals surface area contributed by atoms with Crippen LogP contribution in [-0.4, -0.2) is 20.1 Å². The fourth-order valence-electron chi connectivity index (χ4n) is 1.35. The Balaban J connectivity index is 2.96. The number of rotatable bonds is 4. The van der Waals surface area contributed by atoms with Crippen molar-refractivity contribution in [3.63, 3.8) is 0 Å². The van der Waals surface area contributed by atoms with Crippen molar-refractivity contribution in [1.82, 2.24) is 0 Å². The largest absolute Gasteiger partial charge is 0.238 e. The van der Waals surface area contributed by atoms with Crippen molar-refractivity contribution < 1.29 is 8.42 Å². The first-order chi connectivity index (χ1) is 7.45. The second-order valence-corrected chi connectivity index (χ2v) is 5.10. The molecular weight excluding hydrogens is 244 g/mol. The summed E-state index contributed by atoms with van der Waals surface area (Å²) in [6, 6.07) is 4.80. The molecule has 0 spiro atoms. The third-order valence-corrected chi connectivity index (χ3v) is 3.24. The number of sulfonamides is 1. The Morgan fingerprint density at radius 3 is 2.69 bits per heavy atom. The smallest absolute Gasteiger partial charge is 0.232 e. The predicted octanol–water partition coefficient (Wildman–Crippen LogP) is 1.29. The second-order valence-electron chi connectivity index (χ2n) is 3.36. The van der Waals surface area contributed by atoms with E-state index in [-0.39, 0.29) is 4.90 Å². The van der Waals surface area contributed by atoms with E-state index in [1.165, 1.54) is 6.07 Å². The Hall–Kier alpha value is -1.07. The van der Waals surface area contributed by atoms with Gasteiger partial charge in [-0.1, -0.05) is 6.07 Å². The van der Waals surface area contributed by atoms with E-state index in [1.807, 2.05) is 6.92 Å². The molecule has 0 saturated carbocycles. The van der Waals surface area contributed by atoms with Gasteiger partial charge < -0.3 is 0 Å². The van der Waals surface area contributed by atoms with Gasteiger partial charge in [0.25, 0.3) is 0 Å². The molecule has 0 atom stereocenters. The van der Waals surface area contributed by atoms with Gasteiger partial charge in [-0.25, -0.2) is 18.5 Å². The van der Waals surface area contributed by atoms with Crippen molar-refractivity contribution in [3.8, 4) is 0 Å². The van der Waals surface area contributed by atoms with Gasteiger partial charge in [0.15, 0.2) is 0 Å². The van der Waals surface area contributed by atoms with Crippen molar-refractivity contribution in [3.05, 3.63) is 29.3 Å². The number of aryl methyl sites for hydroxylation is 1. The first kappa shape index (κ1) is 13.0. The van der Waals surface area contributed by atoms with E-state index in [1.54, 1.807) is 12.1 Å². The molecule has 2 N–H and O–H groups in total. The zero-order valence-electron chi connectivity index (χ0n) is 8.80. The molecule has 0 aliphatic rings. The van der Waals surface area contributed by atoms with Gasteiger partial charge in [-0.2, -0.15) is 0 Å². The number of nitrogens with two attached hydrogens (primary N) is 1. The Kier molecular flexibility index (Phi) is 4.32. The molecule has 0 radical (unpaired) electrons. The van der Waals surface area contributed by atoms with Crippen LogP contribution in [0.2, 0.25) is 0 Å². The molecule has 86 valence electrons. The highest BCUT2D eigenvalue weighted by molar-refractivity contribution is 7.89. The van der Waals surface area contributed by atoms with Gasteiger partial charge in [-0.05, 0) is 48.8 Å². The van der Waals surface area contributed by atoms with Crippen LogP contribution in [0.25, 0.3) is 0 Å². The fourth-order valence-corrected chi connectivity index (χ4v) is 2.04. The first-order valence-electron chi connectivity index (χ1n) is 4.61.